The first-order chi connectivity index (χ1) is 9.16. The highest BCUT2D eigenvalue weighted by Gasteiger charge is 2.40. The van der Waals surface area contributed by atoms with Gasteiger partial charge in [0.25, 0.3) is 0 Å². The Balaban J connectivity index is 1.85. The van der Waals surface area contributed by atoms with Crippen molar-refractivity contribution in [3.63, 3.8) is 0 Å². The Morgan fingerprint density at radius 3 is 2.95 bits per heavy atom. The third kappa shape index (κ3) is 3.86. The average molecular weight is 286 g/mol. The van der Waals surface area contributed by atoms with E-state index in [-0.39, 0.29) is 5.91 Å². The highest BCUT2D eigenvalue weighted by atomic mass is 32.2. The molecule has 110 valence electrons. The minimum atomic E-state index is -0.471. The van der Waals surface area contributed by atoms with Crippen molar-refractivity contribution in [1.82, 2.24) is 5.32 Å². The summed E-state index contributed by atoms with van der Waals surface area (Å²) in [4.78, 5) is 11.8. The number of primary amides is 1. The van der Waals surface area contributed by atoms with Gasteiger partial charge in [-0.05, 0) is 45.1 Å². The highest BCUT2D eigenvalue weighted by molar-refractivity contribution is 7.99. The van der Waals surface area contributed by atoms with Gasteiger partial charge in [-0.3, -0.25) is 4.79 Å². The number of nitrogens with two attached hydrogens (primary N) is 1. The Hall–Kier alpha value is -0.260. The van der Waals surface area contributed by atoms with E-state index in [9.17, 15) is 4.79 Å². The summed E-state index contributed by atoms with van der Waals surface area (Å²) in [6, 6.07) is 0. The third-order valence-electron chi connectivity index (χ3n) is 4.23. The fraction of sp³-hybridized carbons (Fsp3) is 0.929. The van der Waals surface area contributed by atoms with Crippen LogP contribution in [0, 0.1) is 0 Å². The summed E-state index contributed by atoms with van der Waals surface area (Å²) in [5.41, 5.74) is 5.16. The maximum Gasteiger partial charge on any atom is 0.237 e. The lowest BCUT2D eigenvalue weighted by Gasteiger charge is -2.39. The summed E-state index contributed by atoms with van der Waals surface area (Å²) in [7, 11) is 0. The molecule has 5 heteroatoms. The van der Waals surface area contributed by atoms with Crippen LogP contribution in [0.15, 0.2) is 0 Å². The third-order valence-corrected chi connectivity index (χ3v) is 5.67. The summed E-state index contributed by atoms with van der Waals surface area (Å²) in [5, 5.41) is 3.87. The maximum absolute atomic E-state index is 11.8. The number of rotatable bonds is 6. The molecule has 0 aromatic carbocycles. The minimum absolute atomic E-state index is 0.184. The number of hydrogen-bond acceptors (Lipinski definition) is 4. The van der Waals surface area contributed by atoms with Crippen LogP contribution >= 0.6 is 11.8 Å². The molecular formula is C14H26N2O2S. The number of carbonyl (C=O) groups is 1. The Kier molecular flexibility index (Phi) is 5.54. The number of carbonyl (C=O) groups excluding carboxylic acids is 1. The van der Waals surface area contributed by atoms with Gasteiger partial charge in [0.15, 0.2) is 0 Å². The molecule has 1 heterocycles. The summed E-state index contributed by atoms with van der Waals surface area (Å²) in [6.07, 6.45) is 6.83. The number of thioether (sulfide) groups is 1. The summed E-state index contributed by atoms with van der Waals surface area (Å²) < 4.78 is 5.66. The van der Waals surface area contributed by atoms with Gasteiger partial charge in [0.1, 0.15) is 0 Å². The Morgan fingerprint density at radius 1 is 1.47 bits per heavy atom. The van der Waals surface area contributed by atoms with Gasteiger partial charge < -0.3 is 15.8 Å². The molecule has 0 aromatic heterocycles. The zero-order chi connectivity index (χ0) is 13.7. The fourth-order valence-corrected chi connectivity index (χ4v) is 4.68. The van der Waals surface area contributed by atoms with E-state index in [0.717, 1.165) is 38.2 Å². The Morgan fingerprint density at radius 2 is 2.32 bits per heavy atom. The first kappa shape index (κ1) is 15.1. The van der Waals surface area contributed by atoms with Crippen molar-refractivity contribution in [2.45, 2.75) is 62.3 Å². The monoisotopic (exact) mass is 286 g/mol. The molecule has 3 atom stereocenters. The Labute approximate surface area is 120 Å². The molecule has 4 nitrogen and oxygen atoms in total. The van der Waals surface area contributed by atoms with E-state index in [2.05, 4.69) is 5.32 Å². The second-order valence-corrected chi connectivity index (χ2v) is 7.00. The van der Waals surface area contributed by atoms with Crippen LogP contribution in [0.2, 0.25) is 0 Å². The molecule has 2 fully saturated rings. The number of amides is 1. The summed E-state index contributed by atoms with van der Waals surface area (Å²) in [5.74, 6) is 0.878. The molecule has 0 bridgehead atoms. The van der Waals surface area contributed by atoms with E-state index in [1.54, 1.807) is 0 Å². The minimum Gasteiger partial charge on any atom is -0.377 e. The van der Waals surface area contributed by atoms with Crippen LogP contribution in [-0.2, 0) is 9.53 Å². The predicted octanol–water partition coefficient (Wildman–Crippen LogP) is 1.67. The van der Waals surface area contributed by atoms with Crippen molar-refractivity contribution in [2.24, 2.45) is 5.73 Å². The molecule has 2 rings (SSSR count). The van der Waals surface area contributed by atoms with Crippen molar-refractivity contribution in [1.29, 1.82) is 0 Å². The molecule has 1 saturated heterocycles. The standard InChI is InChI=1S/C14H26N2O2S/c1-2-16-14(13(15)17)7-3-6-12(9-14)19-10-11-5-4-8-18-11/h11-12,16H,2-10H2,1H3,(H2,15,17). The molecule has 1 saturated carbocycles. The molecule has 1 aliphatic heterocycles. The second-order valence-electron chi connectivity index (χ2n) is 5.66. The SMILES string of the molecule is CCNC1(C(N)=O)CCCC(SCC2CCCO2)C1. The topological polar surface area (TPSA) is 64.3 Å². The van der Waals surface area contributed by atoms with Gasteiger partial charge in [0.2, 0.25) is 5.91 Å². The molecule has 3 N–H and O–H groups in total. The quantitative estimate of drug-likeness (QED) is 0.779. The van der Waals surface area contributed by atoms with E-state index >= 15 is 0 Å². The molecule has 3 unspecified atom stereocenters. The van der Waals surface area contributed by atoms with Crippen molar-refractivity contribution in [3.05, 3.63) is 0 Å². The first-order valence-corrected chi connectivity index (χ1v) is 8.49. The summed E-state index contributed by atoms with van der Waals surface area (Å²) in [6.45, 7) is 3.75. The van der Waals surface area contributed by atoms with Crippen LogP contribution in [0.4, 0.5) is 0 Å². The Bertz CT molecular complexity index is 304. The van der Waals surface area contributed by atoms with E-state index < -0.39 is 5.54 Å². The average Bonchev–Trinajstić information content (AvgIpc) is 2.90. The molecular weight excluding hydrogens is 260 g/mol. The van der Waals surface area contributed by atoms with Gasteiger partial charge in [-0.15, -0.1) is 0 Å². The van der Waals surface area contributed by atoms with Crippen LogP contribution in [0.1, 0.15) is 45.4 Å². The van der Waals surface area contributed by atoms with Gasteiger partial charge >= 0.3 is 0 Å². The van der Waals surface area contributed by atoms with Crippen molar-refractivity contribution in [2.75, 3.05) is 18.9 Å². The molecule has 1 aliphatic carbocycles. The lowest BCUT2D eigenvalue weighted by molar-refractivity contribution is -0.125. The van der Waals surface area contributed by atoms with E-state index in [1.165, 1.54) is 19.3 Å². The van der Waals surface area contributed by atoms with Crippen molar-refractivity contribution < 1.29 is 9.53 Å². The maximum atomic E-state index is 11.8. The van der Waals surface area contributed by atoms with Crippen molar-refractivity contribution in [3.8, 4) is 0 Å². The fourth-order valence-electron chi connectivity index (χ4n) is 3.20. The van der Waals surface area contributed by atoms with Crippen LogP contribution < -0.4 is 11.1 Å². The van der Waals surface area contributed by atoms with Gasteiger partial charge in [0.05, 0.1) is 11.6 Å². The molecule has 0 radical (unpaired) electrons. The van der Waals surface area contributed by atoms with Crippen LogP contribution in [0.25, 0.3) is 0 Å². The van der Waals surface area contributed by atoms with Gasteiger partial charge in [0, 0.05) is 17.6 Å². The second kappa shape index (κ2) is 6.95. The molecule has 19 heavy (non-hydrogen) atoms. The normalized spacial score (nSPS) is 35.4. The van der Waals surface area contributed by atoms with Crippen molar-refractivity contribution >= 4 is 17.7 Å². The number of ether oxygens (including phenoxy) is 1. The van der Waals surface area contributed by atoms with E-state index in [1.807, 2.05) is 18.7 Å². The van der Waals surface area contributed by atoms with Gasteiger partial charge in [-0.25, -0.2) is 0 Å². The van der Waals surface area contributed by atoms with Crippen LogP contribution in [0.3, 0.4) is 0 Å². The van der Waals surface area contributed by atoms with Gasteiger partial charge in [-0.1, -0.05) is 6.92 Å². The van der Waals surface area contributed by atoms with Crippen LogP contribution in [-0.4, -0.2) is 41.7 Å². The summed E-state index contributed by atoms with van der Waals surface area (Å²) >= 11 is 1.97. The molecule has 0 aromatic rings. The number of hydrogen-bond donors (Lipinski definition) is 2. The largest absolute Gasteiger partial charge is 0.377 e. The molecule has 1 amide bonds. The predicted molar refractivity (Wildman–Crippen MR) is 79.3 cm³/mol. The smallest absolute Gasteiger partial charge is 0.237 e. The lowest BCUT2D eigenvalue weighted by Crippen LogP contribution is -2.58. The molecule has 2 aliphatic rings. The number of likely N-dealkylation sites (N-methyl/N-ethyl adjacent to an activating group) is 1. The lowest BCUT2D eigenvalue weighted by atomic mass is 9.80. The zero-order valence-electron chi connectivity index (χ0n) is 11.8. The van der Waals surface area contributed by atoms with Gasteiger partial charge in [-0.2, -0.15) is 11.8 Å². The van der Waals surface area contributed by atoms with E-state index in [0.29, 0.717) is 11.4 Å². The van der Waals surface area contributed by atoms with E-state index in [4.69, 9.17) is 10.5 Å². The highest BCUT2D eigenvalue weighted by Crippen LogP contribution is 2.36. The molecule has 0 spiro atoms. The van der Waals surface area contributed by atoms with Crippen LogP contribution in [0.5, 0.6) is 0 Å². The number of nitrogens with one attached hydrogen (secondary N) is 1. The zero-order valence-corrected chi connectivity index (χ0v) is 12.6. The first-order valence-electron chi connectivity index (χ1n) is 7.44.